The molecule has 0 aromatic heterocycles. The lowest BCUT2D eigenvalue weighted by Crippen LogP contribution is -2.22. The molecule has 0 bridgehead atoms. The van der Waals surface area contributed by atoms with Crippen molar-refractivity contribution in [3.63, 3.8) is 0 Å². The zero-order valence-corrected chi connectivity index (χ0v) is 17.8. The fraction of sp³-hybridized carbons (Fsp3) is 0.318. The Bertz CT molecular complexity index is 859. The van der Waals surface area contributed by atoms with Crippen molar-refractivity contribution in [2.75, 3.05) is 11.9 Å². The quantitative estimate of drug-likeness (QED) is 0.456. The second-order valence-corrected chi connectivity index (χ2v) is 7.75. The fourth-order valence-electron chi connectivity index (χ4n) is 2.73. The molecule has 6 heteroatoms. The molecule has 0 aliphatic carbocycles. The Labute approximate surface area is 173 Å². The molecule has 148 valence electrons. The zero-order valence-electron chi connectivity index (χ0n) is 16.3. The number of hydrogen-bond donors (Lipinski definition) is 1. The smallest absolute Gasteiger partial charge is 0.306 e. The van der Waals surface area contributed by atoms with Crippen molar-refractivity contribution in [2.24, 2.45) is 0 Å². The van der Waals surface area contributed by atoms with Crippen LogP contribution in [0.25, 0.3) is 0 Å². The normalized spacial score (nSPS) is 10.6. The number of carbonyl (C=O) groups is 3. The van der Waals surface area contributed by atoms with Gasteiger partial charge in [-0.1, -0.05) is 60.1 Å². The van der Waals surface area contributed by atoms with Gasteiger partial charge in [-0.2, -0.15) is 0 Å². The van der Waals surface area contributed by atoms with Crippen LogP contribution in [-0.4, -0.2) is 24.3 Å². The molecule has 2 aromatic carbocycles. The number of hydrogen-bond acceptors (Lipinski definition) is 4. The summed E-state index contributed by atoms with van der Waals surface area (Å²) in [7, 11) is 0. The number of amides is 1. The summed E-state index contributed by atoms with van der Waals surface area (Å²) in [5, 5.41) is 2.82. The number of benzene rings is 2. The summed E-state index contributed by atoms with van der Waals surface area (Å²) in [5.74, 6) is -0.865. The van der Waals surface area contributed by atoms with Crippen LogP contribution in [0, 0.1) is 6.92 Å². The second-order valence-electron chi connectivity index (χ2n) is 6.83. The van der Waals surface area contributed by atoms with E-state index in [1.807, 2.05) is 39.0 Å². The van der Waals surface area contributed by atoms with E-state index < -0.39 is 11.9 Å². The molecule has 2 aromatic rings. The molecule has 5 nitrogen and oxygen atoms in total. The Morgan fingerprint density at radius 1 is 1.04 bits per heavy atom. The number of rotatable bonds is 8. The standard InChI is InChI=1S/C22H24BrNO4/c1-14(2)18-6-4-5-15(3)22(18)24-20(26)13-28-21(27)12-11-19(25)16-7-9-17(23)10-8-16/h4-10,14H,11-13H2,1-3H3,(H,24,26). The van der Waals surface area contributed by atoms with Gasteiger partial charge in [-0.15, -0.1) is 0 Å². The van der Waals surface area contributed by atoms with Crippen LogP contribution >= 0.6 is 15.9 Å². The molecule has 28 heavy (non-hydrogen) atoms. The molecule has 0 aliphatic rings. The first-order chi connectivity index (χ1) is 13.3. The zero-order chi connectivity index (χ0) is 20.7. The average Bonchev–Trinajstić information content (AvgIpc) is 2.66. The van der Waals surface area contributed by atoms with Gasteiger partial charge in [-0.3, -0.25) is 14.4 Å². The molecular formula is C22H24BrNO4. The summed E-state index contributed by atoms with van der Waals surface area (Å²) in [6.45, 7) is 5.64. The molecule has 0 fully saturated rings. The summed E-state index contributed by atoms with van der Waals surface area (Å²) in [6, 6.07) is 12.8. The second kappa shape index (κ2) is 10.2. The van der Waals surface area contributed by atoms with Gasteiger partial charge in [0.15, 0.2) is 12.4 Å². The number of ether oxygens (including phenoxy) is 1. The van der Waals surface area contributed by atoms with Crippen LogP contribution in [0.5, 0.6) is 0 Å². The largest absolute Gasteiger partial charge is 0.456 e. The van der Waals surface area contributed by atoms with Crippen molar-refractivity contribution in [1.82, 2.24) is 0 Å². The summed E-state index contributed by atoms with van der Waals surface area (Å²) in [5.41, 5.74) is 3.27. The monoisotopic (exact) mass is 445 g/mol. The number of nitrogens with one attached hydrogen (secondary N) is 1. The van der Waals surface area contributed by atoms with E-state index >= 15 is 0 Å². The van der Waals surface area contributed by atoms with E-state index in [0.717, 1.165) is 21.3 Å². The molecule has 0 saturated carbocycles. The summed E-state index contributed by atoms with van der Waals surface area (Å²) >= 11 is 3.31. The molecule has 0 aliphatic heterocycles. The van der Waals surface area contributed by atoms with E-state index in [9.17, 15) is 14.4 Å². The molecule has 0 radical (unpaired) electrons. The van der Waals surface area contributed by atoms with Gasteiger partial charge in [-0.05, 0) is 36.1 Å². The van der Waals surface area contributed by atoms with E-state index in [4.69, 9.17) is 4.74 Å². The van der Waals surface area contributed by atoms with Gasteiger partial charge in [0.25, 0.3) is 5.91 Å². The molecule has 1 N–H and O–H groups in total. The fourth-order valence-corrected chi connectivity index (χ4v) is 3.00. The highest BCUT2D eigenvalue weighted by molar-refractivity contribution is 9.10. The Kier molecular flexibility index (Phi) is 7.93. The Morgan fingerprint density at radius 2 is 1.71 bits per heavy atom. The first kappa shape index (κ1) is 21.8. The Hall–Kier alpha value is -2.47. The van der Waals surface area contributed by atoms with Gasteiger partial charge in [0.2, 0.25) is 0 Å². The van der Waals surface area contributed by atoms with E-state index in [1.165, 1.54) is 0 Å². The van der Waals surface area contributed by atoms with Gasteiger partial charge in [-0.25, -0.2) is 0 Å². The average molecular weight is 446 g/mol. The van der Waals surface area contributed by atoms with Crippen LogP contribution in [0.4, 0.5) is 5.69 Å². The topological polar surface area (TPSA) is 72.5 Å². The SMILES string of the molecule is Cc1cccc(C(C)C)c1NC(=O)COC(=O)CCC(=O)c1ccc(Br)cc1. The molecule has 0 spiro atoms. The number of carbonyl (C=O) groups excluding carboxylic acids is 3. The van der Waals surface area contributed by atoms with Gasteiger partial charge in [0, 0.05) is 22.1 Å². The number of para-hydroxylation sites is 1. The number of halogens is 1. The van der Waals surface area contributed by atoms with Crippen molar-refractivity contribution in [2.45, 2.75) is 39.5 Å². The van der Waals surface area contributed by atoms with Gasteiger partial charge in [0.05, 0.1) is 6.42 Å². The number of Topliss-reactive ketones (excluding diaryl/α,β-unsaturated/α-hetero) is 1. The number of esters is 1. The van der Waals surface area contributed by atoms with Crippen molar-refractivity contribution in [3.8, 4) is 0 Å². The Balaban J connectivity index is 1.82. The van der Waals surface area contributed by atoms with Crippen LogP contribution in [0.15, 0.2) is 46.9 Å². The first-order valence-corrected chi connectivity index (χ1v) is 9.91. The lowest BCUT2D eigenvalue weighted by Gasteiger charge is -2.16. The summed E-state index contributed by atoms with van der Waals surface area (Å²) in [4.78, 5) is 36.1. The third-order valence-electron chi connectivity index (χ3n) is 4.28. The lowest BCUT2D eigenvalue weighted by atomic mass is 9.98. The van der Waals surface area contributed by atoms with Gasteiger partial charge >= 0.3 is 5.97 Å². The Morgan fingerprint density at radius 3 is 2.36 bits per heavy atom. The number of anilines is 1. The number of aryl methyl sites for hydroxylation is 1. The maximum Gasteiger partial charge on any atom is 0.306 e. The molecule has 2 rings (SSSR count). The first-order valence-electron chi connectivity index (χ1n) is 9.11. The predicted octanol–water partition coefficient (Wildman–Crippen LogP) is 5.03. The van der Waals surface area contributed by atoms with Crippen molar-refractivity contribution < 1.29 is 19.1 Å². The minimum Gasteiger partial charge on any atom is -0.456 e. The highest BCUT2D eigenvalue weighted by atomic mass is 79.9. The molecule has 1 amide bonds. The minimum absolute atomic E-state index is 0.0391. The minimum atomic E-state index is -0.575. The van der Waals surface area contributed by atoms with E-state index in [2.05, 4.69) is 21.2 Å². The van der Waals surface area contributed by atoms with E-state index in [-0.39, 0.29) is 31.1 Å². The van der Waals surface area contributed by atoms with Crippen LogP contribution in [0.2, 0.25) is 0 Å². The molecule has 0 unspecified atom stereocenters. The third kappa shape index (κ3) is 6.30. The molecule has 0 saturated heterocycles. The van der Waals surface area contributed by atoms with Crippen molar-refractivity contribution in [1.29, 1.82) is 0 Å². The maximum atomic E-state index is 12.2. The molecular weight excluding hydrogens is 422 g/mol. The highest BCUT2D eigenvalue weighted by Crippen LogP contribution is 2.27. The number of ketones is 1. The van der Waals surface area contributed by atoms with Crippen LogP contribution in [0.1, 0.15) is 54.1 Å². The van der Waals surface area contributed by atoms with Gasteiger partial charge < -0.3 is 10.1 Å². The summed E-state index contributed by atoms with van der Waals surface area (Å²) < 4.78 is 5.89. The van der Waals surface area contributed by atoms with Crippen LogP contribution < -0.4 is 5.32 Å². The highest BCUT2D eigenvalue weighted by Gasteiger charge is 2.15. The van der Waals surface area contributed by atoms with Crippen LogP contribution in [0.3, 0.4) is 0 Å². The van der Waals surface area contributed by atoms with Crippen LogP contribution in [-0.2, 0) is 14.3 Å². The predicted molar refractivity (Wildman–Crippen MR) is 113 cm³/mol. The third-order valence-corrected chi connectivity index (χ3v) is 4.81. The lowest BCUT2D eigenvalue weighted by molar-refractivity contribution is -0.147. The van der Waals surface area contributed by atoms with Gasteiger partial charge in [0.1, 0.15) is 0 Å². The van der Waals surface area contributed by atoms with E-state index in [0.29, 0.717) is 5.56 Å². The molecule has 0 atom stereocenters. The molecule has 0 heterocycles. The summed E-state index contributed by atoms with van der Waals surface area (Å²) in [6.07, 6.45) is -0.0266. The maximum absolute atomic E-state index is 12.2. The van der Waals surface area contributed by atoms with Crippen molar-refractivity contribution in [3.05, 3.63) is 63.6 Å². The van der Waals surface area contributed by atoms with E-state index in [1.54, 1.807) is 24.3 Å². The van der Waals surface area contributed by atoms with Crippen molar-refractivity contribution >= 4 is 39.3 Å².